The van der Waals surface area contributed by atoms with E-state index in [1.165, 1.54) is 16.9 Å². The van der Waals surface area contributed by atoms with Gasteiger partial charge in [0.05, 0.1) is 0 Å². The van der Waals surface area contributed by atoms with Gasteiger partial charge in [0.1, 0.15) is 0 Å². The van der Waals surface area contributed by atoms with Crippen molar-refractivity contribution in [2.45, 2.75) is 23.5 Å². The zero-order valence-corrected chi connectivity index (χ0v) is 11.4. The Labute approximate surface area is 113 Å². The van der Waals surface area contributed by atoms with E-state index in [1.807, 2.05) is 6.92 Å². The molecule has 1 N–H and O–H groups in total. The predicted molar refractivity (Wildman–Crippen MR) is 71.4 cm³/mol. The minimum absolute atomic E-state index is 0.165. The monoisotopic (exact) mass is 278 g/mol. The van der Waals surface area contributed by atoms with Crippen molar-refractivity contribution in [2.24, 2.45) is 5.92 Å². The summed E-state index contributed by atoms with van der Waals surface area (Å²) in [7, 11) is -2.78. The van der Waals surface area contributed by atoms with Crippen LogP contribution in [0.25, 0.3) is 0 Å². The van der Waals surface area contributed by atoms with Crippen molar-refractivity contribution < 1.29 is 13.2 Å². The van der Waals surface area contributed by atoms with Crippen molar-refractivity contribution in [3.8, 4) is 0 Å². The summed E-state index contributed by atoms with van der Waals surface area (Å²) in [5.41, 5.74) is 0. The molecule has 1 aliphatic rings. The van der Waals surface area contributed by atoms with Crippen LogP contribution in [0.5, 0.6) is 0 Å². The number of sulfone groups is 1. The van der Waals surface area contributed by atoms with Crippen LogP contribution < -0.4 is 0 Å². The molecule has 1 aromatic carbocycles. The summed E-state index contributed by atoms with van der Waals surface area (Å²) >= 11 is 0. The molecule has 1 saturated heterocycles. The zero-order valence-electron chi connectivity index (χ0n) is 10.6. The second-order valence-electron chi connectivity index (χ2n) is 4.57. The van der Waals surface area contributed by atoms with Gasteiger partial charge in [-0.15, -0.1) is 0 Å². The molecular formula is C12H15BN2O3S. The molecule has 0 spiro atoms. The number of hydrogen-bond acceptors (Lipinski definition) is 4. The third-order valence-corrected chi connectivity index (χ3v) is 5.66. The first kappa shape index (κ1) is 13.9. The Balaban J connectivity index is 2.45. The van der Waals surface area contributed by atoms with Crippen molar-refractivity contribution in [1.29, 1.82) is 5.31 Å². The Hall–Kier alpha value is -1.50. The summed E-state index contributed by atoms with van der Waals surface area (Å²) in [4.78, 5) is 13.5. The van der Waals surface area contributed by atoms with Gasteiger partial charge in [-0.3, -0.25) is 0 Å². The van der Waals surface area contributed by atoms with Crippen molar-refractivity contribution >= 4 is 23.0 Å². The standard InChI is InChI=1S/C12H15BN2O3S/c1-2-9-8-15(13-14)12(16)11(9)19(17,18)10-6-4-3-5-7-10/h3-7,9,11,14H,2,8H2,1H3/t9-,11+/m1/s1. The molecule has 0 bridgehead atoms. The van der Waals surface area contributed by atoms with Gasteiger partial charge < -0.3 is 0 Å². The van der Waals surface area contributed by atoms with Gasteiger partial charge in [-0.25, -0.2) is 0 Å². The molecule has 0 radical (unpaired) electrons. The normalized spacial score (nSPS) is 23.4. The predicted octanol–water partition coefficient (Wildman–Crippen LogP) is 1.08. The van der Waals surface area contributed by atoms with Gasteiger partial charge in [0.25, 0.3) is 0 Å². The molecule has 1 aromatic rings. The van der Waals surface area contributed by atoms with Crippen LogP contribution in [0.15, 0.2) is 35.2 Å². The molecule has 2 atom stereocenters. The maximum absolute atomic E-state index is 12.6. The van der Waals surface area contributed by atoms with Gasteiger partial charge in [-0.2, -0.15) is 0 Å². The number of nitrogens with one attached hydrogen (secondary N) is 1. The molecule has 1 heterocycles. The number of amides is 1. The summed E-state index contributed by atoms with van der Waals surface area (Å²) in [5.74, 6) is -0.759. The van der Waals surface area contributed by atoms with E-state index in [4.69, 9.17) is 5.31 Å². The third kappa shape index (κ3) is 2.34. The van der Waals surface area contributed by atoms with Crippen LogP contribution in [-0.4, -0.2) is 38.1 Å². The molecule has 1 aliphatic heterocycles. The van der Waals surface area contributed by atoms with Crippen molar-refractivity contribution in [2.75, 3.05) is 6.54 Å². The summed E-state index contributed by atoms with van der Waals surface area (Å²) in [6.07, 6.45) is 0.590. The van der Waals surface area contributed by atoms with Crippen LogP contribution in [0.2, 0.25) is 0 Å². The fourth-order valence-corrected chi connectivity index (χ4v) is 4.42. The zero-order chi connectivity index (χ0) is 14.0. The van der Waals surface area contributed by atoms with Gasteiger partial charge in [0.2, 0.25) is 0 Å². The fourth-order valence-electron chi connectivity index (χ4n) is 2.41. The number of nitrogens with zero attached hydrogens (tertiary/aromatic N) is 1. The Bertz CT molecular complexity index is 588. The number of carbonyl (C=O) groups excluding carboxylic acids is 1. The summed E-state index contributed by atoms with van der Waals surface area (Å²) < 4.78 is 25.1. The molecule has 0 saturated carbocycles. The molecule has 5 nitrogen and oxygen atoms in total. The topological polar surface area (TPSA) is 78.3 Å². The van der Waals surface area contributed by atoms with Crippen LogP contribution in [-0.2, 0) is 14.6 Å². The number of rotatable bonds is 4. The van der Waals surface area contributed by atoms with E-state index in [9.17, 15) is 13.2 Å². The van der Waals surface area contributed by atoms with E-state index < -0.39 is 21.0 Å². The molecule has 1 fully saturated rings. The van der Waals surface area contributed by atoms with Crippen LogP contribution in [0.3, 0.4) is 0 Å². The van der Waals surface area contributed by atoms with Gasteiger partial charge in [-0.05, 0) is 0 Å². The maximum atomic E-state index is 12.6. The van der Waals surface area contributed by atoms with Gasteiger partial charge in [0, 0.05) is 0 Å². The molecule has 0 unspecified atom stereocenters. The molecule has 7 heteroatoms. The summed E-state index contributed by atoms with van der Waals surface area (Å²) in [5, 5.41) is 6.11. The Morgan fingerprint density at radius 1 is 1.37 bits per heavy atom. The van der Waals surface area contributed by atoms with E-state index in [-0.39, 0.29) is 10.8 Å². The van der Waals surface area contributed by atoms with E-state index in [1.54, 1.807) is 18.2 Å². The van der Waals surface area contributed by atoms with Crippen LogP contribution >= 0.6 is 0 Å². The summed E-state index contributed by atoms with van der Waals surface area (Å²) in [6.45, 7) is 2.16. The van der Waals surface area contributed by atoms with Gasteiger partial charge >= 0.3 is 113 Å². The third-order valence-electron chi connectivity index (χ3n) is 3.47. The molecular weight excluding hydrogens is 263 g/mol. The number of carbonyl (C=O) groups is 1. The van der Waals surface area contributed by atoms with E-state index in [2.05, 4.69) is 0 Å². The number of hydrogen-bond donors (Lipinski definition) is 1. The summed E-state index contributed by atoms with van der Waals surface area (Å²) in [6, 6.07) is 8.02. The first-order valence-electron chi connectivity index (χ1n) is 6.12. The molecule has 19 heavy (non-hydrogen) atoms. The average Bonchev–Trinajstić information content (AvgIpc) is 2.76. The molecule has 2 rings (SSSR count). The minimum atomic E-state index is -3.69. The number of benzene rings is 1. The Morgan fingerprint density at radius 3 is 2.53 bits per heavy atom. The van der Waals surface area contributed by atoms with Crippen molar-refractivity contribution in [3.05, 3.63) is 30.3 Å². The second kappa shape index (κ2) is 5.24. The SMILES string of the molecule is CC[C@@H]1CN(B=N)C(=O)[C@H]1S(=O)(=O)c1ccccc1. The Morgan fingerprint density at radius 2 is 2.00 bits per heavy atom. The van der Waals surface area contributed by atoms with E-state index in [0.717, 1.165) is 7.21 Å². The molecule has 0 aliphatic carbocycles. The van der Waals surface area contributed by atoms with Crippen molar-refractivity contribution in [3.63, 3.8) is 0 Å². The van der Waals surface area contributed by atoms with Crippen LogP contribution in [0.1, 0.15) is 13.3 Å². The van der Waals surface area contributed by atoms with Crippen molar-refractivity contribution in [1.82, 2.24) is 4.81 Å². The van der Waals surface area contributed by atoms with E-state index >= 15 is 0 Å². The second-order valence-corrected chi connectivity index (χ2v) is 6.64. The fraction of sp³-hybridized carbons (Fsp3) is 0.417. The van der Waals surface area contributed by atoms with Crippen LogP contribution in [0, 0.1) is 11.2 Å². The first-order chi connectivity index (χ1) is 9.02. The van der Waals surface area contributed by atoms with Gasteiger partial charge in [-0.1, -0.05) is 0 Å². The van der Waals surface area contributed by atoms with E-state index in [0.29, 0.717) is 13.0 Å². The first-order valence-corrected chi connectivity index (χ1v) is 7.67. The van der Waals surface area contributed by atoms with Crippen LogP contribution in [0.4, 0.5) is 0 Å². The molecule has 1 amide bonds. The Kier molecular flexibility index (Phi) is 3.84. The average molecular weight is 278 g/mol. The quantitative estimate of drug-likeness (QED) is 0.837. The van der Waals surface area contributed by atoms with Gasteiger partial charge in [0.15, 0.2) is 0 Å². The molecule has 0 aromatic heterocycles. The molecule has 100 valence electrons.